The van der Waals surface area contributed by atoms with E-state index in [4.69, 9.17) is 0 Å². The van der Waals surface area contributed by atoms with Crippen molar-refractivity contribution in [3.8, 4) is 0 Å². The highest BCUT2D eigenvalue weighted by Crippen LogP contribution is 2.31. The van der Waals surface area contributed by atoms with E-state index < -0.39 is 17.6 Å². The van der Waals surface area contributed by atoms with E-state index in [1.165, 1.54) is 29.0 Å². The summed E-state index contributed by atoms with van der Waals surface area (Å²) in [6.07, 6.45) is -3.71. The van der Waals surface area contributed by atoms with Crippen LogP contribution in [0.2, 0.25) is 0 Å². The molecule has 0 spiro atoms. The van der Waals surface area contributed by atoms with E-state index in [9.17, 15) is 18.0 Å². The standard InChI is InChI=1S/C21H18F3N3OS/c22-21(23,24)16-8-4-7-15(11-16)19(28)26-20-25-17-9-10-27(13-18(17)29-20)12-14-5-2-1-3-6-14/h1-8,11H,9-10,12-13H2,(H,25,26,28). The summed E-state index contributed by atoms with van der Waals surface area (Å²) >= 11 is 1.38. The molecule has 2 aromatic carbocycles. The maximum atomic E-state index is 12.9. The van der Waals surface area contributed by atoms with E-state index in [2.05, 4.69) is 27.3 Å². The minimum absolute atomic E-state index is 0.0429. The second-order valence-corrected chi connectivity index (χ2v) is 7.95. The van der Waals surface area contributed by atoms with Gasteiger partial charge in [-0.3, -0.25) is 15.0 Å². The lowest BCUT2D eigenvalue weighted by atomic mass is 10.1. The van der Waals surface area contributed by atoms with Crippen LogP contribution in [0.25, 0.3) is 0 Å². The fourth-order valence-corrected chi connectivity index (χ4v) is 4.33. The minimum Gasteiger partial charge on any atom is -0.298 e. The summed E-state index contributed by atoms with van der Waals surface area (Å²) in [5.74, 6) is -0.594. The van der Waals surface area contributed by atoms with Crippen LogP contribution < -0.4 is 5.32 Å². The van der Waals surface area contributed by atoms with Crippen molar-refractivity contribution in [2.75, 3.05) is 11.9 Å². The zero-order chi connectivity index (χ0) is 20.4. The molecule has 0 bridgehead atoms. The highest BCUT2D eigenvalue weighted by molar-refractivity contribution is 7.15. The summed E-state index contributed by atoms with van der Waals surface area (Å²) in [7, 11) is 0. The first kappa shape index (κ1) is 19.6. The zero-order valence-electron chi connectivity index (χ0n) is 15.4. The van der Waals surface area contributed by atoms with Crippen molar-refractivity contribution in [2.24, 2.45) is 0 Å². The van der Waals surface area contributed by atoms with Gasteiger partial charge in [-0.2, -0.15) is 13.2 Å². The lowest BCUT2D eigenvalue weighted by molar-refractivity contribution is -0.137. The van der Waals surface area contributed by atoms with E-state index in [1.54, 1.807) is 0 Å². The number of alkyl halides is 3. The quantitative estimate of drug-likeness (QED) is 0.652. The molecule has 8 heteroatoms. The number of nitrogens with zero attached hydrogens (tertiary/aromatic N) is 2. The fraction of sp³-hybridized carbons (Fsp3) is 0.238. The molecule has 0 saturated heterocycles. The van der Waals surface area contributed by atoms with Crippen LogP contribution in [0.15, 0.2) is 54.6 Å². The third-order valence-electron chi connectivity index (χ3n) is 4.73. The first-order valence-corrected chi connectivity index (χ1v) is 9.93. The molecule has 3 aromatic rings. The molecule has 4 rings (SSSR count). The SMILES string of the molecule is O=C(Nc1nc2c(s1)CN(Cc1ccccc1)CC2)c1cccc(C(F)(F)F)c1. The van der Waals surface area contributed by atoms with Crippen molar-refractivity contribution < 1.29 is 18.0 Å². The van der Waals surface area contributed by atoms with E-state index in [0.29, 0.717) is 5.13 Å². The lowest BCUT2D eigenvalue weighted by Gasteiger charge is -2.25. The molecule has 0 radical (unpaired) electrons. The Kier molecular flexibility index (Phi) is 5.38. The van der Waals surface area contributed by atoms with Gasteiger partial charge in [0.2, 0.25) is 0 Å². The fourth-order valence-electron chi connectivity index (χ4n) is 3.28. The molecule has 1 aliphatic rings. The number of nitrogens with one attached hydrogen (secondary N) is 1. The monoisotopic (exact) mass is 417 g/mol. The number of carbonyl (C=O) groups is 1. The Morgan fingerprint density at radius 3 is 2.69 bits per heavy atom. The van der Waals surface area contributed by atoms with Crippen LogP contribution in [-0.2, 0) is 25.7 Å². The second-order valence-electron chi connectivity index (χ2n) is 6.87. The van der Waals surface area contributed by atoms with Crippen LogP contribution in [0, 0.1) is 0 Å². The number of benzene rings is 2. The maximum absolute atomic E-state index is 12.9. The molecule has 0 fully saturated rings. The molecule has 4 nitrogen and oxygen atoms in total. The third-order valence-corrected chi connectivity index (χ3v) is 5.73. The molecule has 0 unspecified atom stereocenters. The number of carbonyl (C=O) groups excluding carboxylic acids is 1. The molecule has 0 atom stereocenters. The molecule has 1 N–H and O–H groups in total. The van der Waals surface area contributed by atoms with Gasteiger partial charge in [0.05, 0.1) is 11.3 Å². The number of rotatable bonds is 4. The van der Waals surface area contributed by atoms with Crippen LogP contribution in [0.1, 0.15) is 32.1 Å². The number of amides is 1. The number of fused-ring (bicyclic) bond motifs is 1. The van der Waals surface area contributed by atoms with E-state index in [-0.39, 0.29) is 5.56 Å². The molecule has 1 aliphatic heterocycles. The molecule has 29 heavy (non-hydrogen) atoms. The molecular weight excluding hydrogens is 399 g/mol. The summed E-state index contributed by atoms with van der Waals surface area (Å²) in [5, 5.41) is 3.06. The highest BCUT2D eigenvalue weighted by atomic mass is 32.1. The summed E-state index contributed by atoms with van der Waals surface area (Å²) in [6, 6.07) is 14.6. The van der Waals surface area contributed by atoms with Crippen molar-refractivity contribution in [1.29, 1.82) is 0 Å². The average molecular weight is 417 g/mol. The Balaban J connectivity index is 1.44. The van der Waals surface area contributed by atoms with Gasteiger partial charge >= 0.3 is 6.18 Å². The molecule has 0 saturated carbocycles. The van der Waals surface area contributed by atoms with Crippen LogP contribution in [0.3, 0.4) is 0 Å². The van der Waals surface area contributed by atoms with Gasteiger partial charge < -0.3 is 0 Å². The van der Waals surface area contributed by atoms with E-state index >= 15 is 0 Å². The summed E-state index contributed by atoms with van der Waals surface area (Å²) < 4.78 is 38.6. The first-order valence-electron chi connectivity index (χ1n) is 9.12. The molecular formula is C21H18F3N3OS. The van der Waals surface area contributed by atoms with Crippen LogP contribution in [0.5, 0.6) is 0 Å². The number of hydrogen-bond acceptors (Lipinski definition) is 4. The number of halogens is 3. The van der Waals surface area contributed by atoms with Gasteiger partial charge in [0.25, 0.3) is 5.91 Å². The summed E-state index contributed by atoms with van der Waals surface area (Å²) in [6.45, 7) is 2.44. The van der Waals surface area contributed by atoms with Gasteiger partial charge in [-0.1, -0.05) is 36.4 Å². The van der Waals surface area contributed by atoms with Crippen LogP contribution >= 0.6 is 11.3 Å². The largest absolute Gasteiger partial charge is 0.416 e. The van der Waals surface area contributed by atoms with Gasteiger partial charge in [0.15, 0.2) is 5.13 Å². The molecule has 0 aliphatic carbocycles. The van der Waals surface area contributed by atoms with Crippen molar-refractivity contribution in [1.82, 2.24) is 9.88 Å². The highest BCUT2D eigenvalue weighted by Gasteiger charge is 2.31. The Bertz CT molecular complexity index is 1020. The van der Waals surface area contributed by atoms with Crippen LogP contribution in [0.4, 0.5) is 18.3 Å². The molecule has 2 heterocycles. The first-order chi connectivity index (χ1) is 13.9. The van der Waals surface area contributed by atoms with Gasteiger partial charge in [-0.25, -0.2) is 4.98 Å². The Labute approximate surface area is 170 Å². The number of aromatic nitrogens is 1. The lowest BCUT2D eigenvalue weighted by Crippen LogP contribution is -2.29. The van der Waals surface area contributed by atoms with E-state index in [1.807, 2.05) is 18.2 Å². The van der Waals surface area contributed by atoms with Gasteiger partial charge in [-0.05, 0) is 23.8 Å². The zero-order valence-corrected chi connectivity index (χ0v) is 16.2. The normalized spacial score (nSPS) is 14.4. The average Bonchev–Trinajstić information content (AvgIpc) is 3.09. The topological polar surface area (TPSA) is 45.2 Å². The Hall–Kier alpha value is -2.71. The van der Waals surface area contributed by atoms with Gasteiger partial charge in [0.1, 0.15) is 0 Å². The van der Waals surface area contributed by atoms with Crippen molar-refractivity contribution in [3.05, 3.63) is 81.9 Å². The van der Waals surface area contributed by atoms with Gasteiger partial charge in [-0.15, -0.1) is 11.3 Å². The third kappa shape index (κ3) is 4.65. The van der Waals surface area contributed by atoms with Crippen molar-refractivity contribution in [2.45, 2.75) is 25.7 Å². The Morgan fingerprint density at radius 1 is 1.14 bits per heavy atom. The number of anilines is 1. The van der Waals surface area contributed by atoms with Crippen LogP contribution in [-0.4, -0.2) is 22.3 Å². The van der Waals surface area contributed by atoms with Crippen molar-refractivity contribution in [3.63, 3.8) is 0 Å². The smallest absolute Gasteiger partial charge is 0.298 e. The Morgan fingerprint density at radius 2 is 1.93 bits per heavy atom. The predicted octanol–water partition coefficient (Wildman–Crippen LogP) is 4.97. The summed E-state index contributed by atoms with van der Waals surface area (Å²) in [4.78, 5) is 20.2. The van der Waals surface area contributed by atoms with Gasteiger partial charge in [0, 0.05) is 36.5 Å². The molecule has 150 valence electrons. The minimum atomic E-state index is -4.49. The maximum Gasteiger partial charge on any atom is 0.416 e. The second kappa shape index (κ2) is 7.96. The number of hydrogen-bond donors (Lipinski definition) is 1. The molecule has 1 aromatic heterocycles. The number of thiazole rings is 1. The summed E-state index contributed by atoms with van der Waals surface area (Å²) in [5.41, 5.74) is 1.29. The molecule has 1 amide bonds. The van der Waals surface area contributed by atoms with E-state index in [0.717, 1.165) is 48.8 Å². The predicted molar refractivity (Wildman–Crippen MR) is 106 cm³/mol. The van der Waals surface area contributed by atoms with Crippen molar-refractivity contribution >= 4 is 22.4 Å².